The van der Waals surface area contributed by atoms with Gasteiger partial charge in [0.2, 0.25) is 15.9 Å². The fraction of sp³-hybridized carbons (Fsp3) is 0.194. The van der Waals surface area contributed by atoms with E-state index in [1.165, 1.54) is 29.4 Å². The summed E-state index contributed by atoms with van der Waals surface area (Å²) in [5.74, 6) is -0.842. The highest BCUT2D eigenvalue weighted by atomic mass is 32.2. The molecule has 192 valence electrons. The molecule has 6 rings (SSSR count). The predicted octanol–water partition coefficient (Wildman–Crippen LogP) is 5.27. The zero-order chi connectivity index (χ0) is 26.6. The van der Waals surface area contributed by atoms with Crippen LogP contribution in [0.3, 0.4) is 0 Å². The fourth-order valence-electron chi connectivity index (χ4n) is 5.96. The van der Waals surface area contributed by atoms with Crippen molar-refractivity contribution in [1.29, 1.82) is 0 Å². The largest absolute Gasteiger partial charge is 0.377 e. The zero-order valence-corrected chi connectivity index (χ0v) is 22.3. The number of allylic oxidation sites excluding steroid dienone is 1. The van der Waals surface area contributed by atoms with Gasteiger partial charge in [0.1, 0.15) is 0 Å². The van der Waals surface area contributed by atoms with Gasteiger partial charge in [0.05, 0.1) is 10.8 Å². The van der Waals surface area contributed by atoms with Crippen molar-refractivity contribution in [3.63, 3.8) is 0 Å². The summed E-state index contributed by atoms with van der Waals surface area (Å²) in [6, 6.07) is 25.8. The van der Waals surface area contributed by atoms with Crippen molar-refractivity contribution in [1.82, 2.24) is 4.72 Å². The van der Waals surface area contributed by atoms with Crippen LogP contribution in [0.4, 0.5) is 11.4 Å². The maximum absolute atomic E-state index is 13.5. The van der Waals surface area contributed by atoms with Crippen molar-refractivity contribution >= 4 is 44.2 Å². The van der Waals surface area contributed by atoms with Crippen LogP contribution >= 0.6 is 0 Å². The first-order valence-electron chi connectivity index (χ1n) is 12.6. The molecular weight excluding hydrogens is 494 g/mol. The molecule has 0 fully saturated rings. The Hall–Kier alpha value is -3.94. The average Bonchev–Trinajstić information content (AvgIpc) is 3.43. The molecule has 2 N–H and O–H groups in total. The van der Waals surface area contributed by atoms with E-state index < -0.39 is 15.9 Å². The molecule has 0 spiro atoms. The quantitative estimate of drug-likeness (QED) is 0.361. The van der Waals surface area contributed by atoms with Gasteiger partial charge in [0.15, 0.2) is 0 Å². The van der Waals surface area contributed by atoms with E-state index in [0.29, 0.717) is 17.7 Å². The summed E-state index contributed by atoms with van der Waals surface area (Å²) in [6.45, 7) is 0. The van der Waals surface area contributed by atoms with E-state index in [-0.39, 0.29) is 16.7 Å². The van der Waals surface area contributed by atoms with Gasteiger partial charge >= 0.3 is 0 Å². The van der Waals surface area contributed by atoms with E-state index in [1.54, 1.807) is 12.1 Å². The molecule has 0 saturated carbocycles. The van der Waals surface area contributed by atoms with Gasteiger partial charge in [-0.1, -0.05) is 66.2 Å². The molecule has 2 aliphatic rings. The molecule has 4 aromatic rings. The maximum atomic E-state index is 13.5. The summed E-state index contributed by atoms with van der Waals surface area (Å²) in [6.07, 6.45) is 2.88. The SMILES string of the molecule is CNS(=O)(=O)c1ccc2c(c1)C(C1C(Cc3ccc(N(C)C)c4ccccc34)=Cc3ccccc31)C(=O)N2. The van der Waals surface area contributed by atoms with Crippen LogP contribution in [0.15, 0.2) is 89.3 Å². The third-order valence-corrected chi connectivity index (χ3v) is 9.16. The number of fused-ring (bicyclic) bond motifs is 3. The Kier molecular flexibility index (Phi) is 5.85. The number of hydrogen-bond donors (Lipinski definition) is 2. The van der Waals surface area contributed by atoms with E-state index >= 15 is 0 Å². The van der Waals surface area contributed by atoms with Crippen LogP contribution in [-0.4, -0.2) is 35.5 Å². The second-order valence-electron chi connectivity index (χ2n) is 10.1. The molecule has 0 bridgehead atoms. The first-order chi connectivity index (χ1) is 18.3. The molecule has 1 aliphatic heterocycles. The molecule has 7 heteroatoms. The second-order valence-corrected chi connectivity index (χ2v) is 12.0. The molecule has 0 radical (unpaired) electrons. The topological polar surface area (TPSA) is 78.5 Å². The highest BCUT2D eigenvalue weighted by molar-refractivity contribution is 7.89. The van der Waals surface area contributed by atoms with E-state index in [9.17, 15) is 13.2 Å². The highest BCUT2D eigenvalue weighted by Gasteiger charge is 2.42. The first kappa shape index (κ1) is 24.4. The molecule has 38 heavy (non-hydrogen) atoms. The number of nitrogens with one attached hydrogen (secondary N) is 2. The Balaban J connectivity index is 1.47. The Morgan fingerprint density at radius 1 is 0.868 bits per heavy atom. The molecule has 0 aromatic heterocycles. The van der Waals surface area contributed by atoms with Crippen LogP contribution in [0, 0.1) is 0 Å². The van der Waals surface area contributed by atoms with Gasteiger partial charge in [-0.25, -0.2) is 13.1 Å². The monoisotopic (exact) mass is 523 g/mol. The standard InChI is InChI=1S/C31H29N3O3S/c1-32-38(36,37)22-13-14-27-26(18-22)30(31(35)33-27)29-21(16-19-8-4-5-10-24(19)29)17-20-12-15-28(34(2)3)25-11-7-6-9-23(20)25/h4-16,18,29-30,32H,17H2,1-3H3,(H,33,35). The summed E-state index contributed by atoms with van der Waals surface area (Å²) < 4.78 is 27.5. The number of rotatable bonds is 6. The van der Waals surface area contributed by atoms with Gasteiger partial charge in [0.25, 0.3) is 0 Å². The fourth-order valence-corrected chi connectivity index (χ4v) is 6.72. The van der Waals surface area contributed by atoms with E-state index in [1.807, 2.05) is 26.2 Å². The van der Waals surface area contributed by atoms with Gasteiger partial charge in [-0.05, 0) is 65.4 Å². The van der Waals surface area contributed by atoms with Crippen LogP contribution in [0.25, 0.3) is 16.8 Å². The van der Waals surface area contributed by atoms with Gasteiger partial charge in [-0.2, -0.15) is 0 Å². The summed E-state index contributed by atoms with van der Waals surface area (Å²) >= 11 is 0. The average molecular weight is 524 g/mol. The lowest BCUT2D eigenvalue weighted by Crippen LogP contribution is -2.21. The summed E-state index contributed by atoms with van der Waals surface area (Å²) in [4.78, 5) is 15.8. The second kappa shape index (κ2) is 9.11. The van der Waals surface area contributed by atoms with Crippen LogP contribution in [-0.2, 0) is 21.2 Å². The first-order valence-corrected chi connectivity index (χ1v) is 14.1. The minimum Gasteiger partial charge on any atom is -0.377 e. The Morgan fingerprint density at radius 3 is 2.37 bits per heavy atom. The third-order valence-electron chi connectivity index (χ3n) is 7.75. The number of anilines is 2. The number of benzene rings is 4. The molecule has 1 amide bonds. The van der Waals surface area contributed by atoms with Gasteiger partial charge in [-0.15, -0.1) is 0 Å². The number of nitrogens with zero attached hydrogens (tertiary/aromatic N) is 1. The van der Waals surface area contributed by atoms with Crippen LogP contribution in [0.5, 0.6) is 0 Å². The molecular formula is C31H29N3O3S. The molecule has 6 nitrogen and oxygen atoms in total. The minimum absolute atomic E-state index is 0.112. The Morgan fingerprint density at radius 2 is 1.61 bits per heavy atom. The van der Waals surface area contributed by atoms with Crippen molar-refractivity contribution in [3.05, 3.63) is 107 Å². The van der Waals surface area contributed by atoms with E-state index in [0.717, 1.165) is 22.4 Å². The number of carbonyl (C=O) groups is 1. The summed E-state index contributed by atoms with van der Waals surface area (Å²) in [5, 5.41) is 5.38. The molecule has 4 aromatic carbocycles. The number of hydrogen-bond acceptors (Lipinski definition) is 4. The normalized spacial score (nSPS) is 18.2. The number of carbonyl (C=O) groups excluding carboxylic acids is 1. The van der Waals surface area contributed by atoms with Crippen LogP contribution < -0.4 is 14.9 Å². The molecule has 1 heterocycles. The smallest absolute Gasteiger partial charge is 0.240 e. The lowest BCUT2D eigenvalue weighted by atomic mass is 9.78. The Labute approximate surface area is 223 Å². The molecule has 2 atom stereocenters. The van der Waals surface area contributed by atoms with Crippen LogP contribution in [0.1, 0.15) is 34.1 Å². The highest BCUT2D eigenvalue weighted by Crippen LogP contribution is 2.51. The van der Waals surface area contributed by atoms with Gasteiger partial charge in [-0.3, -0.25) is 4.79 Å². The lowest BCUT2D eigenvalue weighted by Gasteiger charge is -2.24. The third kappa shape index (κ3) is 3.90. The van der Waals surface area contributed by atoms with Crippen LogP contribution in [0.2, 0.25) is 0 Å². The number of sulfonamides is 1. The summed E-state index contributed by atoms with van der Waals surface area (Å²) in [5.41, 5.74) is 7.07. The van der Waals surface area contributed by atoms with Crippen molar-refractivity contribution in [2.75, 3.05) is 31.4 Å². The van der Waals surface area contributed by atoms with Crippen molar-refractivity contribution in [2.24, 2.45) is 0 Å². The van der Waals surface area contributed by atoms with E-state index in [2.05, 4.69) is 69.5 Å². The van der Waals surface area contributed by atoms with Crippen molar-refractivity contribution < 1.29 is 13.2 Å². The summed E-state index contributed by atoms with van der Waals surface area (Å²) in [7, 11) is 1.84. The Bertz CT molecular complexity index is 1740. The molecule has 1 aliphatic carbocycles. The molecule has 2 unspecified atom stereocenters. The van der Waals surface area contributed by atoms with Crippen molar-refractivity contribution in [3.8, 4) is 0 Å². The lowest BCUT2D eigenvalue weighted by molar-refractivity contribution is -0.117. The van der Waals surface area contributed by atoms with Crippen molar-refractivity contribution in [2.45, 2.75) is 23.2 Å². The minimum atomic E-state index is -3.65. The molecule has 0 saturated heterocycles. The number of amides is 1. The predicted molar refractivity (Wildman–Crippen MR) is 153 cm³/mol. The maximum Gasteiger partial charge on any atom is 0.240 e. The van der Waals surface area contributed by atoms with Gasteiger partial charge in [0, 0.05) is 36.8 Å². The van der Waals surface area contributed by atoms with E-state index in [4.69, 9.17) is 0 Å². The van der Waals surface area contributed by atoms with Gasteiger partial charge < -0.3 is 10.2 Å². The zero-order valence-electron chi connectivity index (χ0n) is 21.5.